The lowest BCUT2D eigenvalue weighted by atomic mass is 9.97. The normalized spacial score (nSPS) is 13.4. The summed E-state index contributed by atoms with van der Waals surface area (Å²) >= 11 is 0. The first-order valence-corrected chi connectivity index (χ1v) is 7.37. The second kappa shape index (κ2) is 7.62. The van der Waals surface area contributed by atoms with Crippen molar-refractivity contribution in [3.05, 3.63) is 0 Å². The molecule has 0 saturated carbocycles. The first kappa shape index (κ1) is 15.4. The lowest BCUT2D eigenvalue weighted by Gasteiger charge is -2.13. The van der Waals surface area contributed by atoms with Crippen LogP contribution < -0.4 is 10.5 Å². The topological polar surface area (TPSA) is 89.3 Å². The molecule has 0 saturated heterocycles. The van der Waals surface area contributed by atoms with Crippen LogP contribution in [0.3, 0.4) is 0 Å². The van der Waals surface area contributed by atoms with Gasteiger partial charge < -0.3 is 5.32 Å². The highest BCUT2D eigenvalue weighted by atomic mass is 32.2. The monoisotopic (exact) mass is 250 g/mol. The number of nitrogens with one attached hydrogen (secondary N) is 1. The zero-order valence-electron chi connectivity index (χ0n) is 10.0. The summed E-state index contributed by atoms with van der Waals surface area (Å²) in [7, 11) is -3.48. The number of carbonyl (C=O) groups is 1. The second-order valence-corrected chi connectivity index (χ2v) is 5.72. The molecule has 3 N–H and O–H groups in total. The van der Waals surface area contributed by atoms with Crippen LogP contribution in [0.4, 0.5) is 0 Å². The minimum absolute atomic E-state index is 0.0936. The number of primary sulfonamides is 1. The van der Waals surface area contributed by atoms with E-state index in [2.05, 4.69) is 19.2 Å². The molecule has 0 aliphatic heterocycles. The fraction of sp³-hybridized carbons (Fsp3) is 0.900. The number of hydrogen-bond acceptors (Lipinski definition) is 3. The number of carbonyl (C=O) groups excluding carboxylic acids is 1. The summed E-state index contributed by atoms with van der Waals surface area (Å²) in [4.78, 5) is 11.4. The molecule has 0 aromatic heterocycles. The molecular weight excluding hydrogens is 228 g/mol. The molecule has 6 heteroatoms. The third kappa shape index (κ3) is 8.67. The van der Waals surface area contributed by atoms with E-state index in [1.807, 2.05) is 0 Å². The van der Waals surface area contributed by atoms with Gasteiger partial charge in [-0.3, -0.25) is 4.79 Å². The fourth-order valence-corrected chi connectivity index (χ4v) is 1.91. The highest BCUT2D eigenvalue weighted by Gasteiger charge is 2.11. The SMILES string of the molecule is CCCC(CC)CC(=O)NCCS(N)(=O)=O. The van der Waals surface area contributed by atoms with Gasteiger partial charge in [0.05, 0.1) is 5.75 Å². The average Bonchev–Trinajstić information content (AvgIpc) is 2.15. The van der Waals surface area contributed by atoms with E-state index in [0.29, 0.717) is 12.3 Å². The van der Waals surface area contributed by atoms with E-state index < -0.39 is 10.0 Å². The van der Waals surface area contributed by atoms with Crippen molar-refractivity contribution >= 4 is 15.9 Å². The molecule has 0 aromatic rings. The molecule has 1 unspecified atom stereocenters. The zero-order chi connectivity index (χ0) is 12.6. The molecule has 96 valence electrons. The van der Waals surface area contributed by atoms with Gasteiger partial charge in [0.25, 0.3) is 0 Å². The molecule has 1 amide bonds. The third-order valence-electron chi connectivity index (χ3n) is 2.46. The Bertz CT molecular complexity index is 301. The number of nitrogens with two attached hydrogens (primary N) is 1. The van der Waals surface area contributed by atoms with Crippen LogP contribution in [0.1, 0.15) is 39.5 Å². The molecule has 5 nitrogen and oxygen atoms in total. The maximum Gasteiger partial charge on any atom is 0.220 e. The first-order chi connectivity index (χ1) is 7.39. The predicted octanol–water partition coefficient (Wildman–Crippen LogP) is 0.608. The van der Waals surface area contributed by atoms with Crippen LogP contribution in [0.25, 0.3) is 0 Å². The maximum absolute atomic E-state index is 11.4. The van der Waals surface area contributed by atoms with Crippen molar-refractivity contribution in [3.63, 3.8) is 0 Å². The van der Waals surface area contributed by atoms with Crippen LogP contribution in [0.15, 0.2) is 0 Å². The maximum atomic E-state index is 11.4. The summed E-state index contributed by atoms with van der Waals surface area (Å²) in [5.41, 5.74) is 0. The van der Waals surface area contributed by atoms with E-state index in [9.17, 15) is 13.2 Å². The van der Waals surface area contributed by atoms with Gasteiger partial charge >= 0.3 is 0 Å². The minimum Gasteiger partial charge on any atom is -0.355 e. The van der Waals surface area contributed by atoms with E-state index in [0.717, 1.165) is 19.3 Å². The smallest absolute Gasteiger partial charge is 0.220 e. The molecule has 0 aromatic carbocycles. The lowest BCUT2D eigenvalue weighted by Crippen LogP contribution is -2.32. The quantitative estimate of drug-likeness (QED) is 0.661. The van der Waals surface area contributed by atoms with Gasteiger partial charge in [0.2, 0.25) is 15.9 Å². The van der Waals surface area contributed by atoms with Crippen LogP contribution in [0, 0.1) is 5.92 Å². The Balaban J connectivity index is 3.81. The molecular formula is C10H22N2O3S. The molecule has 0 fully saturated rings. The molecule has 0 heterocycles. The van der Waals surface area contributed by atoms with Crippen molar-refractivity contribution in [2.75, 3.05) is 12.3 Å². The molecule has 0 radical (unpaired) electrons. The van der Waals surface area contributed by atoms with E-state index >= 15 is 0 Å². The van der Waals surface area contributed by atoms with Crippen molar-refractivity contribution in [2.24, 2.45) is 11.1 Å². The largest absolute Gasteiger partial charge is 0.355 e. The number of hydrogen-bond donors (Lipinski definition) is 2. The highest BCUT2D eigenvalue weighted by molar-refractivity contribution is 7.89. The van der Waals surface area contributed by atoms with Crippen LogP contribution in [-0.2, 0) is 14.8 Å². The van der Waals surface area contributed by atoms with Gasteiger partial charge in [-0.15, -0.1) is 0 Å². The van der Waals surface area contributed by atoms with Gasteiger partial charge in [0.15, 0.2) is 0 Å². The summed E-state index contributed by atoms with van der Waals surface area (Å²) < 4.78 is 21.2. The summed E-state index contributed by atoms with van der Waals surface area (Å²) in [5, 5.41) is 7.38. The first-order valence-electron chi connectivity index (χ1n) is 5.66. The average molecular weight is 250 g/mol. The van der Waals surface area contributed by atoms with Crippen LogP contribution >= 0.6 is 0 Å². The predicted molar refractivity (Wildman–Crippen MR) is 64.3 cm³/mol. The fourth-order valence-electron chi connectivity index (χ4n) is 1.53. The Kier molecular flexibility index (Phi) is 7.33. The Labute approximate surface area is 97.8 Å². The molecule has 16 heavy (non-hydrogen) atoms. The van der Waals surface area contributed by atoms with E-state index in [4.69, 9.17) is 5.14 Å². The third-order valence-corrected chi connectivity index (χ3v) is 3.23. The van der Waals surface area contributed by atoms with Crippen molar-refractivity contribution in [3.8, 4) is 0 Å². The van der Waals surface area contributed by atoms with Crippen molar-refractivity contribution in [1.82, 2.24) is 5.32 Å². The highest BCUT2D eigenvalue weighted by Crippen LogP contribution is 2.14. The van der Waals surface area contributed by atoms with Crippen molar-refractivity contribution in [2.45, 2.75) is 39.5 Å². The molecule has 1 atom stereocenters. The Morgan fingerprint density at radius 3 is 2.44 bits per heavy atom. The molecule has 0 aliphatic rings. The van der Waals surface area contributed by atoms with Crippen LogP contribution in [0.2, 0.25) is 0 Å². The summed E-state index contributed by atoms with van der Waals surface area (Å²) in [6.45, 7) is 4.24. The number of amides is 1. The van der Waals surface area contributed by atoms with Crippen molar-refractivity contribution < 1.29 is 13.2 Å². The molecule has 0 bridgehead atoms. The van der Waals surface area contributed by atoms with Gasteiger partial charge in [-0.05, 0) is 5.92 Å². The van der Waals surface area contributed by atoms with E-state index in [1.54, 1.807) is 0 Å². The Morgan fingerprint density at radius 1 is 1.38 bits per heavy atom. The van der Waals surface area contributed by atoms with Crippen LogP contribution in [-0.4, -0.2) is 26.6 Å². The zero-order valence-corrected chi connectivity index (χ0v) is 10.8. The summed E-state index contributed by atoms with van der Waals surface area (Å²) in [5.74, 6) is 0.0898. The van der Waals surface area contributed by atoms with Gasteiger partial charge in [-0.2, -0.15) is 0 Å². The van der Waals surface area contributed by atoms with Gasteiger partial charge in [0, 0.05) is 13.0 Å². The number of rotatable bonds is 8. The van der Waals surface area contributed by atoms with E-state index in [1.165, 1.54) is 0 Å². The van der Waals surface area contributed by atoms with Crippen molar-refractivity contribution in [1.29, 1.82) is 0 Å². The minimum atomic E-state index is -3.48. The summed E-state index contributed by atoms with van der Waals surface area (Å²) in [6.07, 6.45) is 3.52. The Morgan fingerprint density at radius 2 is 2.00 bits per heavy atom. The molecule has 0 spiro atoms. The van der Waals surface area contributed by atoms with Crippen LogP contribution in [0.5, 0.6) is 0 Å². The number of sulfonamides is 1. The van der Waals surface area contributed by atoms with Gasteiger partial charge in [0.1, 0.15) is 0 Å². The molecule has 0 aliphatic carbocycles. The summed E-state index contributed by atoms with van der Waals surface area (Å²) in [6, 6.07) is 0. The lowest BCUT2D eigenvalue weighted by molar-refractivity contribution is -0.121. The standard InChI is InChI=1S/C10H22N2O3S/c1-3-5-9(4-2)8-10(13)12-6-7-16(11,14)15/h9H,3-8H2,1-2H3,(H,12,13)(H2,11,14,15). The van der Waals surface area contributed by atoms with Gasteiger partial charge in [-0.1, -0.05) is 33.1 Å². The second-order valence-electron chi connectivity index (χ2n) is 3.98. The van der Waals surface area contributed by atoms with Gasteiger partial charge in [-0.25, -0.2) is 13.6 Å². The Hall–Kier alpha value is -0.620. The molecule has 0 rings (SSSR count). The van der Waals surface area contributed by atoms with E-state index in [-0.39, 0.29) is 18.2 Å².